The van der Waals surface area contributed by atoms with Crippen molar-refractivity contribution in [2.75, 3.05) is 12.4 Å². The summed E-state index contributed by atoms with van der Waals surface area (Å²) in [6.07, 6.45) is 3.73. The van der Waals surface area contributed by atoms with Crippen LogP contribution in [0.4, 0.5) is 5.69 Å². The highest BCUT2D eigenvalue weighted by Crippen LogP contribution is 2.16. The number of methoxy groups -OCH3 is 1. The summed E-state index contributed by atoms with van der Waals surface area (Å²) in [6.45, 7) is 1.73. The number of aliphatic imine (C=N–C) groups is 1. The molecule has 0 saturated carbocycles. The monoisotopic (exact) mass is 477 g/mol. The Bertz CT molecular complexity index is 864. The molecule has 3 N–H and O–H groups in total. The van der Waals surface area contributed by atoms with Crippen LogP contribution in [0, 0.1) is 0 Å². The molecule has 7 heteroatoms. The summed E-state index contributed by atoms with van der Waals surface area (Å²) in [6, 6.07) is 18.0. The fourth-order valence-electron chi connectivity index (χ4n) is 2.71. The Morgan fingerprint density at radius 2 is 1.78 bits per heavy atom. The highest BCUT2D eigenvalue weighted by Gasteiger charge is 2.05. The highest BCUT2D eigenvalue weighted by atomic mass is 127. The summed E-state index contributed by atoms with van der Waals surface area (Å²) in [4.78, 5) is 4.49. The first-order valence-electron chi connectivity index (χ1n) is 8.44. The topological polar surface area (TPSA) is 77.5 Å². The first-order chi connectivity index (χ1) is 12.8. The molecule has 1 heterocycles. The van der Waals surface area contributed by atoms with Crippen molar-refractivity contribution in [2.45, 2.75) is 19.7 Å². The maximum atomic E-state index is 6.09. The van der Waals surface area contributed by atoms with Gasteiger partial charge < -0.3 is 15.8 Å². The maximum absolute atomic E-state index is 6.09. The normalized spacial score (nSPS) is 11.1. The molecule has 27 heavy (non-hydrogen) atoms. The number of benzene rings is 2. The minimum absolute atomic E-state index is 0. The lowest BCUT2D eigenvalue weighted by Crippen LogP contribution is -2.23. The van der Waals surface area contributed by atoms with Gasteiger partial charge in [-0.15, -0.1) is 24.0 Å². The standard InChI is InChI=1S/C20H23N5O.HI/c1-26-15-18-9-4-5-10-19(18)24-20(21)22-13-16-7-2-3-8-17(16)14-25-12-6-11-23-25;/h2-12H,13-15H2,1H3,(H3,21,22,24);1H. The molecular formula is C20H24IN5O. The largest absolute Gasteiger partial charge is 0.380 e. The van der Waals surface area contributed by atoms with E-state index in [4.69, 9.17) is 10.5 Å². The van der Waals surface area contributed by atoms with Crippen molar-refractivity contribution in [1.82, 2.24) is 9.78 Å². The first kappa shape index (κ1) is 20.9. The summed E-state index contributed by atoms with van der Waals surface area (Å²) in [5, 5.41) is 7.42. The van der Waals surface area contributed by atoms with E-state index >= 15 is 0 Å². The van der Waals surface area contributed by atoms with Crippen molar-refractivity contribution >= 4 is 35.6 Å². The first-order valence-corrected chi connectivity index (χ1v) is 8.44. The number of guanidine groups is 1. The summed E-state index contributed by atoms with van der Waals surface area (Å²) >= 11 is 0. The number of hydrogen-bond donors (Lipinski definition) is 2. The molecule has 0 bridgehead atoms. The molecule has 142 valence electrons. The molecule has 0 radical (unpaired) electrons. The predicted octanol–water partition coefficient (Wildman–Crippen LogP) is 3.62. The van der Waals surface area contributed by atoms with Crippen LogP contribution in [-0.4, -0.2) is 22.8 Å². The molecule has 0 spiro atoms. The smallest absolute Gasteiger partial charge is 0.193 e. The second-order valence-corrected chi connectivity index (χ2v) is 5.89. The van der Waals surface area contributed by atoms with E-state index in [1.165, 1.54) is 5.56 Å². The second kappa shape index (κ2) is 10.7. The third-order valence-electron chi connectivity index (χ3n) is 4.01. The van der Waals surface area contributed by atoms with Gasteiger partial charge in [-0.1, -0.05) is 42.5 Å². The van der Waals surface area contributed by atoms with E-state index in [1.807, 2.05) is 53.3 Å². The maximum Gasteiger partial charge on any atom is 0.193 e. The Balaban J connectivity index is 0.00000261. The number of halogens is 1. The van der Waals surface area contributed by atoms with Crippen LogP contribution in [0.3, 0.4) is 0 Å². The second-order valence-electron chi connectivity index (χ2n) is 5.89. The van der Waals surface area contributed by atoms with Crippen molar-refractivity contribution in [3.63, 3.8) is 0 Å². The molecule has 0 fully saturated rings. The zero-order chi connectivity index (χ0) is 18.2. The molecule has 3 aromatic rings. The zero-order valence-electron chi connectivity index (χ0n) is 15.2. The number of anilines is 1. The van der Waals surface area contributed by atoms with Gasteiger partial charge in [-0.05, 0) is 23.3 Å². The molecule has 0 aliphatic heterocycles. The van der Waals surface area contributed by atoms with Crippen molar-refractivity contribution in [3.05, 3.63) is 83.7 Å². The van der Waals surface area contributed by atoms with Gasteiger partial charge in [0.25, 0.3) is 0 Å². The number of nitrogens with two attached hydrogens (primary N) is 1. The molecule has 0 aliphatic carbocycles. The van der Waals surface area contributed by atoms with Gasteiger partial charge in [0.1, 0.15) is 0 Å². The van der Waals surface area contributed by atoms with Crippen LogP contribution in [0.15, 0.2) is 72.0 Å². The van der Waals surface area contributed by atoms with Crippen LogP contribution in [-0.2, 0) is 24.4 Å². The number of para-hydroxylation sites is 1. The number of nitrogens with zero attached hydrogens (tertiary/aromatic N) is 3. The van der Waals surface area contributed by atoms with Crippen molar-refractivity contribution in [1.29, 1.82) is 0 Å². The summed E-state index contributed by atoms with van der Waals surface area (Å²) < 4.78 is 7.11. The van der Waals surface area contributed by atoms with Crippen molar-refractivity contribution in [2.24, 2.45) is 10.7 Å². The van der Waals surface area contributed by atoms with E-state index in [0.717, 1.165) is 16.8 Å². The summed E-state index contributed by atoms with van der Waals surface area (Å²) in [5.74, 6) is 0.377. The van der Waals surface area contributed by atoms with E-state index in [-0.39, 0.29) is 24.0 Å². The average molecular weight is 477 g/mol. The molecule has 0 aliphatic rings. The predicted molar refractivity (Wildman–Crippen MR) is 119 cm³/mol. The van der Waals surface area contributed by atoms with Crippen LogP contribution in [0.25, 0.3) is 0 Å². The van der Waals surface area contributed by atoms with Crippen LogP contribution in [0.5, 0.6) is 0 Å². The summed E-state index contributed by atoms with van der Waals surface area (Å²) in [7, 11) is 1.67. The minimum atomic E-state index is 0. The molecule has 6 nitrogen and oxygen atoms in total. The van der Waals surface area contributed by atoms with E-state index in [2.05, 4.69) is 27.5 Å². The molecule has 3 rings (SSSR count). The number of rotatable bonds is 7. The Morgan fingerprint density at radius 3 is 2.48 bits per heavy atom. The number of aromatic nitrogens is 2. The van der Waals surface area contributed by atoms with Crippen LogP contribution in [0.1, 0.15) is 16.7 Å². The molecular weight excluding hydrogens is 453 g/mol. The lowest BCUT2D eigenvalue weighted by molar-refractivity contribution is 0.185. The van der Waals surface area contributed by atoms with Crippen LogP contribution >= 0.6 is 24.0 Å². The average Bonchev–Trinajstić information content (AvgIpc) is 3.16. The fraction of sp³-hybridized carbons (Fsp3) is 0.200. The Labute approximate surface area is 176 Å². The van der Waals surface area contributed by atoms with Gasteiger partial charge in [0.05, 0.1) is 19.7 Å². The molecule has 0 saturated heterocycles. The summed E-state index contributed by atoms with van der Waals surface area (Å²) in [5.41, 5.74) is 10.3. The van der Waals surface area contributed by atoms with Crippen LogP contribution in [0.2, 0.25) is 0 Å². The van der Waals surface area contributed by atoms with Gasteiger partial charge >= 0.3 is 0 Å². The van der Waals surface area contributed by atoms with E-state index in [0.29, 0.717) is 25.7 Å². The third kappa shape index (κ3) is 6.07. The quantitative estimate of drug-likeness (QED) is 0.310. The molecule has 2 aromatic carbocycles. The minimum Gasteiger partial charge on any atom is -0.380 e. The molecule has 0 atom stereocenters. The lowest BCUT2D eigenvalue weighted by atomic mass is 10.1. The molecule has 0 amide bonds. The fourth-order valence-corrected chi connectivity index (χ4v) is 2.71. The lowest BCUT2D eigenvalue weighted by Gasteiger charge is -2.12. The van der Waals surface area contributed by atoms with E-state index < -0.39 is 0 Å². The van der Waals surface area contributed by atoms with E-state index in [1.54, 1.807) is 13.3 Å². The van der Waals surface area contributed by atoms with Gasteiger partial charge in [-0.2, -0.15) is 5.10 Å². The number of ether oxygens (including phenoxy) is 1. The Hall–Kier alpha value is -2.39. The Kier molecular flexibility index (Phi) is 8.28. The van der Waals surface area contributed by atoms with Gasteiger partial charge in [0.2, 0.25) is 0 Å². The Morgan fingerprint density at radius 1 is 1.07 bits per heavy atom. The highest BCUT2D eigenvalue weighted by molar-refractivity contribution is 14.0. The van der Waals surface area contributed by atoms with Gasteiger partial charge in [-0.25, -0.2) is 4.99 Å². The molecule has 1 aromatic heterocycles. The zero-order valence-corrected chi connectivity index (χ0v) is 17.5. The van der Waals surface area contributed by atoms with Crippen molar-refractivity contribution < 1.29 is 4.74 Å². The third-order valence-corrected chi connectivity index (χ3v) is 4.01. The van der Waals surface area contributed by atoms with Gasteiger partial charge in [0, 0.05) is 30.8 Å². The SMILES string of the molecule is COCc1ccccc1NC(N)=NCc1ccccc1Cn1cccn1.I. The van der Waals surface area contributed by atoms with Crippen molar-refractivity contribution in [3.8, 4) is 0 Å². The molecule has 0 unspecified atom stereocenters. The van der Waals surface area contributed by atoms with E-state index in [9.17, 15) is 0 Å². The number of hydrogen-bond acceptors (Lipinski definition) is 3. The van der Waals surface area contributed by atoms with Crippen LogP contribution < -0.4 is 11.1 Å². The number of nitrogens with one attached hydrogen (secondary N) is 1. The van der Waals surface area contributed by atoms with Gasteiger partial charge in [0.15, 0.2) is 5.96 Å². The van der Waals surface area contributed by atoms with Gasteiger partial charge in [-0.3, -0.25) is 4.68 Å².